The van der Waals surface area contributed by atoms with Gasteiger partial charge in [-0.3, -0.25) is 4.79 Å². The second-order valence-electron chi connectivity index (χ2n) is 5.09. The van der Waals surface area contributed by atoms with Crippen LogP contribution in [0.15, 0.2) is 35.5 Å². The number of hydrogen-bond acceptors (Lipinski definition) is 5. The molecule has 2 aromatic rings. The van der Waals surface area contributed by atoms with Gasteiger partial charge in [-0.15, -0.1) is 0 Å². The van der Waals surface area contributed by atoms with Crippen molar-refractivity contribution in [1.29, 1.82) is 5.26 Å². The Kier molecular flexibility index (Phi) is 6.16. The van der Waals surface area contributed by atoms with Gasteiger partial charge in [-0.1, -0.05) is 0 Å². The van der Waals surface area contributed by atoms with Crippen molar-refractivity contribution in [3.8, 4) is 6.07 Å². The van der Waals surface area contributed by atoms with Gasteiger partial charge in [0.25, 0.3) is 11.9 Å². The smallest absolute Gasteiger partial charge is 0.281 e. The number of pyridine rings is 1. The number of carbonyl (C=O) groups excluding carboxylic acids is 1. The van der Waals surface area contributed by atoms with Gasteiger partial charge in [0, 0.05) is 31.4 Å². The van der Waals surface area contributed by atoms with Crippen LogP contribution in [0.3, 0.4) is 0 Å². The molecule has 1 aromatic heterocycles. The number of rotatable bonds is 5. The molecule has 134 valence electrons. The maximum Gasteiger partial charge on any atom is 0.281 e. The number of nitrogens with zero attached hydrogens (tertiary/aromatic N) is 3. The lowest BCUT2D eigenvalue weighted by atomic mass is 10.1. The minimum Gasteiger partial charge on any atom is -0.465 e. The number of benzene rings is 1. The zero-order valence-corrected chi connectivity index (χ0v) is 13.8. The van der Waals surface area contributed by atoms with Crippen molar-refractivity contribution in [2.45, 2.75) is 6.42 Å². The van der Waals surface area contributed by atoms with E-state index in [0.29, 0.717) is 5.56 Å². The van der Waals surface area contributed by atoms with Gasteiger partial charge >= 0.3 is 0 Å². The molecular weight excluding hydrogens is 344 g/mol. The third kappa shape index (κ3) is 4.73. The average molecular weight is 359 g/mol. The highest BCUT2D eigenvalue weighted by atomic mass is 19.2. The number of nitrogens with two attached hydrogens (primary N) is 1. The molecule has 26 heavy (non-hydrogen) atoms. The number of aliphatic imine (C=N–C) groups is 1. The predicted molar refractivity (Wildman–Crippen MR) is 90.5 cm³/mol. The van der Waals surface area contributed by atoms with Gasteiger partial charge in [-0.25, -0.2) is 18.8 Å². The third-order valence-corrected chi connectivity index (χ3v) is 3.33. The largest absolute Gasteiger partial charge is 0.465 e. The van der Waals surface area contributed by atoms with Gasteiger partial charge in [0.05, 0.1) is 12.2 Å². The molecule has 0 bridgehead atoms. The molecular formula is C17H15F2N5O2. The molecule has 0 atom stereocenters. The van der Waals surface area contributed by atoms with Crippen molar-refractivity contribution in [2.75, 3.05) is 19.0 Å². The van der Waals surface area contributed by atoms with E-state index in [1.165, 1.54) is 31.4 Å². The van der Waals surface area contributed by atoms with Gasteiger partial charge in [0.1, 0.15) is 11.8 Å². The maximum atomic E-state index is 13.9. The molecule has 2 rings (SSSR count). The second kappa shape index (κ2) is 8.53. The fourth-order valence-electron chi connectivity index (χ4n) is 2.02. The van der Waals surface area contributed by atoms with Crippen LogP contribution in [0.25, 0.3) is 0 Å². The molecule has 0 spiro atoms. The van der Waals surface area contributed by atoms with Gasteiger partial charge in [0.2, 0.25) is 0 Å². The lowest BCUT2D eigenvalue weighted by Crippen LogP contribution is -2.18. The number of halogens is 2. The number of ether oxygens (including phenoxy) is 1. The second-order valence-corrected chi connectivity index (χ2v) is 5.09. The van der Waals surface area contributed by atoms with Crippen LogP contribution < -0.4 is 11.1 Å². The Balaban J connectivity index is 2.13. The lowest BCUT2D eigenvalue weighted by Gasteiger charge is -2.10. The fourth-order valence-corrected chi connectivity index (χ4v) is 2.02. The summed E-state index contributed by atoms with van der Waals surface area (Å²) < 4.78 is 32.7. The van der Waals surface area contributed by atoms with Gasteiger partial charge in [-0.05, 0) is 23.8 Å². The van der Waals surface area contributed by atoms with Crippen LogP contribution in [0.1, 0.15) is 21.6 Å². The number of anilines is 1. The lowest BCUT2D eigenvalue weighted by molar-refractivity contribution is 0.102. The number of aromatic nitrogens is 1. The summed E-state index contributed by atoms with van der Waals surface area (Å²) in [6, 6.07) is 6.75. The van der Waals surface area contributed by atoms with Crippen LogP contribution in [-0.2, 0) is 11.2 Å². The molecule has 0 aliphatic rings. The third-order valence-electron chi connectivity index (χ3n) is 3.33. The van der Waals surface area contributed by atoms with Crippen LogP contribution in [0.2, 0.25) is 0 Å². The van der Waals surface area contributed by atoms with Crippen molar-refractivity contribution in [2.24, 2.45) is 10.7 Å². The van der Waals surface area contributed by atoms with Crippen LogP contribution in [0.4, 0.5) is 14.5 Å². The monoisotopic (exact) mass is 359 g/mol. The molecule has 0 radical (unpaired) electrons. The zero-order chi connectivity index (χ0) is 19.1. The number of hydrogen-bond donors (Lipinski definition) is 2. The Morgan fingerprint density at radius 2 is 2.19 bits per heavy atom. The first-order chi connectivity index (χ1) is 12.4. The average Bonchev–Trinajstić information content (AvgIpc) is 2.65. The molecule has 1 aromatic carbocycles. The Morgan fingerprint density at radius 1 is 1.42 bits per heavy atom. The van der Waals surface area contributed by atoms with Crippen molar-refractivity contribution >= 4 is 17.6 Å². The van der Waals surface area contributed by atoms with Crippen molar-refractivity contribution in [1.82, 2.24) is 4.98 Å². The van der Waals surface area contributed by atoms with E-state index in [-0.39, 0.29) is 36.0 Å². The van der Waals surface area contributed by atoms with Crippen LogP contribution in [-0.4, -0.2) is 30.6 Å². The fraction of sp³-hybridized carbons (Fsp3) is 0.176. The molecule has 0 saturated heterocycles. The van der Waals surface area contributed by atoms with Gasteiger partial charge < -0.3 is 15.8 Å². The van der Waals surface area contributed by atoms with E-state index < -0.39 is 17.5 Å². The van der Waals surface area contributed by atoms with E-state index in [1.54, 1.807) is 0 Å². The Hall–Kier alpha value is -3.54. The van der Waals surface area contributed by atoms with Crippen molar-refractivity contribution in [3.63, 3.8) is 0 Å². The first-order valence-corrected chi connectivity index (χ1v) is 7.45. The quantitative estimate of drug-likeness (QED) is 0.626. The standard InChI is InChI=1S/C17H15F2N5O2/c1-22-17(21)26-5-4-11-6-12(7-13(18)15(11)19)24-16(25)14-3-2-10(8-20)9-23-14/h2-3,6-7,9H,4-5H2,1H3,(H2,21,22)(H,24,25). The number of nitriles is 1. The summed E-state index contributed by atoms with van der Waals surface area (Å²) in [7, 11) is 1.43. The Bertz CT molecular complexity index is 876. The molecule has 1 amide bonds. The number of amides is 1. The summed E-state index contributed by atoms with van der Waals surface area (Å²) in [6.45, 7) is -0.00584. The normalized spacial score (nSPS) is 10.9. The molecule has 0 saturated carbocycles. The molecule has 0 fully saturated rings. The maximum absolute atomic E-state index is 13.9. The summed E-state index contributed by atoms with van der Waals surface area (Å²) in [5, 5.41) is 11.2. The summed E-state index contributed by atoms with van der Waals surface area (Å²) in [5.74, 6) is -2.76. The predicted octanol–water partition coefficient (Wildman–Crippen LogP) is 1.99. The number of amidine groups is 1. The molecule has 3 N–H and O–H groups in total. The van der Waals surface area contributed by atoms with Crippen LogP contribution in [0.5, 0.6) is 0 Å². The highest BCUT2D eigenvalue weighted by molar-refractivity contribution is 6.02. The number of nitrogens with one attached hydrogen (secondary N) is 1. The zero-order valence-electron chi connectivity index (χ0n) is 13.8. The number of carbonyl (C=O) groups is 1. The topological polar surface area (TPSA) is 113 Å². The molecule has 9 heteroatoms. The highest BCUT2D eigenvalue weighted by Gasteiger charge is 2.14. The molecule has 1 heterocycles. The Labute approximate surface area is 148 Å². The Morgan fingerprint density at radius 3 is 2.81 bits per heavy atom. The van der Waals surface area contributed by atoms with E-state index in [4.69, 9.17) is 15.7 Å². The van der Waals surface area contributed by atoms with E-state index in [2.05, 4.69) is 15.3 Å². The summed E-state index contributed by atoms with van der Waals surface area (Å²) in [6.07, 6.45) is 1.26. The van der Waals surface area contributed by atoms with Crippen LogP contribution in [0, 0.1) is 23.0 Å². The van der Waals surface area contributed by atoms with Gasteiger partial charge in [-0.2, -0.15) is 5.26 Å². The minimum atomic E-state index is -1.11. The van der Waals surface area contributed by atoms with E-state index in [1.807, 2.05) is 6.07 Å². The molecule has 0 unspecified atom stereocenters. The first-order valence-electron chi connectivity index (χ1n) is 7.45. The van der Waals surface area contributed by atoms with Crippen molar-refractivity contribution < 1.29 is 18.3 Å². The summed E-state index contributed by atoms with van der Waals surface area (Å²) in [4.78, 5) is 19.6. The van der Waals surface area contributed by atoms with E-state index in [9.17, 15) is 13.6 Å². The van der Waals surface area contributed by atoms with E-state index in [0.717, 1.165) is 6.07 Å². The van der Waals surface area contributed by atoms with Crippen molar-refractivity contribution in [3.05, 3.63) is 58.9 Å². The molecule has 0 aliphatic heterocycles. The highest BCUT2D eigenvalue weighted by Crippen LogP contribution is 2.20. The van der Waals surface area contributed by atoms with Crippen LogP contribution >= 0.6 is 0 Å². The summed E-state index contributed by atoms with van der Waals surface area (Å²) in [5.41, 5.74) is 5.77. The first kappa shape index (κ1) is 18.8. The van der Waals surface area contributed by atoms with Gasteiger partial charge in [0.15, 0.2) is 11.6 Å². The summed E-state index contributed by atoms with van der Waals surface area (Å²) >= 11 is 0. The molecule has 7 nitrogen and oxygen atoms in total. The minimum absolute atomic E-state index is 0.00584. The van der Waals surface area contributed by atoms with E-state index >= 15 is 0 Å². The molecule has 0 aliphatic carbocycles. The SMILES string of the molecule is C/N=C(/N)OCCc1cc(NC(=O)c2ccc(C#N)cn2)cc(F)c1F.